The molecule has 2 rings (SSSR count). The number of benzene rings is 1. The second kappa shape index (κ2) is 5.52. The van der Waals surface area contributed by atoms with E-state index in [0.717, 1.165) is 21.7 Å². The van der Waals surface area contributed by atoms with Crippen LogP contribution in [0.2, 0.25) is 0 Å². The minimum absolute atomic E-state index is 0.590. The van der Waals surface area contributed by atoms with Crippen molar-refractivity contribution in [2.75, 3.05) is 17.7 Å². The van der Waals surface area contributed by atoms with E-state index in [1.54, 1.807) is 12.3 Å². The molecule has 18 heavy (non-hydrogen) atoms. The summed E-state index contributed by atoms with van der Waals surface area (Å²) in [4.78, 5) is 4.13. The van der Waals surface area contributed by atoms with Gasteiger partial charge in [0.1, 0.15) is 11.9 Å². The SMILES string of the molecule is CNc1cc(Nc2ccc(Br)cc2C#N)ccn1. The van der Waals surface area contributed by atoms with Gasteiger partial charge in [0.15, 0.2) is 0 Å². The number of nitriles is 1. The van der Waals surface area contributed by atoms with Gasteiger partial charge < -0.3 is 10.6 Å². The van der Waals surface area contributed by atoms with Gasteiger partial charge in [0.25, 0.3) is 0 Å². The Kier molecular flexibility index (Phi) is 3.80. The highest BCUT2D eigenvalue weighted by molar-refractivity contribution is 9.10. The Balaban J connectivity index is 2.31. The predicted octanol–water partition coefficient (Wildman–Crippen LogP) is 3.50. The van der Waals surface area contributed by atoms with Gasteiger partial charge in [-0.25, -0.2) is 4.98 Å². The topological polar surface area (TPSA) is 60.7 Å². The summed E-state index contributed by atoms with van der Waals surface area (Å²) in [6.45, 7) is 0. The zero-order valence-corrected chi connectivity index (χ0v) is 11.3. The van der Waals surface area contributed by atoms with E-state index < -0.39 is 0 Å². The first kappa shape index (κ1) is 12.4. The van der Waals surface area contributed by atoms with Crippen molar-refractivity contribution in [3.8, 4) is 6.07 Å². The Labute approximate surface area is 114 Å². The van der Waals surface area contributed by atoms with Crippen LogP contribution in [0.4, 0.5) is 17.2 Å². The van der Waals surface area contributed by atoms with E-state index >= 15 is 0 Å². The molecule has 0 aliphatic heterocycles. The van der Waals surface area contributed by atoms with E-state index in [1.165, 1.54) is 0 Å². The van der Waals surface area contributed by atoms with Gasteiger partial charge in [0, 0.05) is 29.5 Å². The third-order valence-corrected chi connectivity index (χ3v) is 2.89. The van der Waals surface area contributed by atoms with E-state index in [9.17, 15) is 0 Å². The van der Waals surface area contributed by atoms with Crippen LogP contribution >= 0.6 is 15.9 Å². The lowest BCUT2D eigenvalue weighted by Crippen LogP contribution is -1.96. The second-order valence-corrected chi connectivity index (χ2v) is 4.52. The van der Waals surface area contributed by atoms with Crippen molar-refractivity contribution in [1.29, 1.82) is 5.26 Å². The van der Waals surface area contributed by atoms with Crippen LogP contribution in [0.25, 0.3) is 0 Å². The van der Waals surface area contributed by atoms with Gasteiger partial charge in [-0.3, -0.25) is 0 Å². The van der Waals surface area contributed by atoms with Gasteiger partial charge in [0.2, 0.25) is 0 Å². The summed E-state index contributed by atoms with van der Waals surface area (Å²) in [5.74, 6) is 0.774. The highest BCUT2D eigenvalue weighted by Crippen LogP contribution is 2.24. The molecule has 0 bridgehead atoms. The molecule has 90 valence electrons. The van der Waals surface area contributed by atoms with Crippen LogP contribution in [0.15, 0.2) is 41.0 Å². The zero-order chi connectivity index (χ0) is 13.0. The number of rotatable bonds is 3. The number of halogens is 1. The van der Waals surface area contributed by atoms with Gasteiger partial charge in [-0.05, 0) is 24.3 Å². The van der Waals surface area contributed by atoms with Crippen molar-refractivity contribution in [2.24, 2.45) is 0 Å². The molecule has 1 aromatic heterocycles. The minimum atomic E-state index is 0.590. The summed E-state index contributed by atoms with van der Waals surface area (Å²) < 4.78 is 0.884. The largest absolute Gasteiger partial charge is 0.373 e. The predicted molar refractivity (Wildman–Crippen MR) is 75.9 cm³/mol. The normalized spacial score (nSPS) is 9.61. The fourth-order valence-corrected chi connectivity index (χ4v) is 1.88. The van der Waals surface area contributed by atoms with Crippen molar-refractivity contribution < 1.29 is 0 Å². The smallest absolute Gasteiger partial charge is 0.127 e. The van der Waals surface area contributed by atoms with Crippen molar-refractivity contribution in [1.82, 2.24) is 4.98 Å². The van der Waals surface area contributed by atoms with Crippen LogP contribution in [0.3, 0.4) is 0 Å². The molecule has 2 aromatic rings. The van der Waals surface area contributed by atoms with Gasteiger partial charge >= 0.3 is 0 Å². The molecule has 0 saturated carbocycles. The lowest BCUT2D eigenvalue weighted by Gasteiger charge is -2.09. The maximum atomic E-state index is 9.09. The molecule has 0 saturated heterocycles. The minimum Gasteiger partial charge on any atom is -0.373 e. The van der Waals surface area contributed by atoms with Crippen LogP contribution in [0.1, 0.15) is 5.56 Å². The summed E-state index contributed by atoms with van der Waals surface area (Å²) in [6.07, 6.45) is 1.71. The number of pyridine rings is 1. The van der Waals surface area contributed by atoms with E-state index in [4.69, 9.17) is 5.26 Å². The molecule has 0 aliphatic rings. The standard InChI is InChI=1S/C13H11BrN4/c1-16-13-7-11(4-5-17-13)18-12-3-2-10(14)6-9(12)8-15/h2-7H,1H3,(H2,16,17,18). The number of nitrogens with one attached hydrogen (secondary N) is 2. The second-order valence-electron chi connectivity index (χ2n) is 3.61. The molecule has 1 heterocycles. The van der Waals surface area contributed by atoms with Crippen LogP contribution in [0.5, 0.6) is 0 Å². The molecule has 0 aliphatic carbocycles. The number of aromatic nitrogens is 1. The lowest BCUT2D eigenvalue weighted by atomic mass is 10.2. The van der Waals surface area contributed by atoms with E-state index in [1.807, 2.05) is 31.3 Å². The highest BCUT2D eigenvalue weighted by Gasteiger charge is 2.03. The molecule has 1 aromatic carbocycles. The summed E-state index contributed by atoms with van der Waals surface area (Å²) in [7, 11) is 1.81. The number of anilines is 3. The summed E-state index contributed by atoms with van der Waals surface area (Å²) in [6, 6.07) is 11.4. The Bertz CT molecular complexity index is 604. The van der Waals surface area contributed by atoms with E-state index in [-0.39, 0.29) is 0 Å². The third-order valence-electron chi connectivity index (χ3n) is 2.40. The Hall–Kier alpha value is -2.06. The van der Waals surface area contributed by atoms with Crippen molar-refractivity contribution in [3.63, 3.8) is 0 Å². The molecule has 0 fully saturated rings. The van der Waals surface area contributed by atoms with Crippen molar-refractivity contribution in [2.45, 2.75) is 0 Å². The first-order valence-electron chi connectivity index (χ1n) is 5.33. The first-order chi connectivity index (χ1) is 8.72. The highest BCUT2D eigenvalue weighted by atomic mass is 79.9. The maximum Gasteiger partial charge on any atom is 0.127 e. The zero-order valence-electron chi connectivity index (χ0n) is 9.74. The molecule has 5 heteroatoms. The quantitative estimate of drug-likeness (QED) is 0.911. The number of nitrogens with zero attached hydrogens (tertiary/aromatic N) is 2. The molecular formula is C13H11BrN4. The molecule has 0 amide bonds. The summed E-state index contributed by atoms with van der Waals surface area (Å²) >= 11 is 3.35. The molecule has 2 N–H and O–H groups in total. The molecule has 0 radical (unpaired) electrons. The Morgan fingerprint density at radius 1 is 1.28 bits per heavy atom. The van der Waals surface area contributed by atoms with E-state index in [0.29, 0.717) is 5.56 Å². The Morgan fingerprint density at radius 3 is 2.83 bits per heavy atom. The third kappa shape index (κ3) is 2.79. The molecule has 0 spiro atoms. The Morgan fingerprint density at radius 2 is 2.11 bits per heavy atom. The summed E-state index contributed by atoms with van der Waals surface area (Å²) in [5, 5.41) is 15.3. The van der Waals surface area contributed by atoms with Crippen LogP contribution < -0.4 is 10.6 Å². The fraction of sp³-hybridized carbons (Fsp3) is 0.0769. The lowest BCUT2D eigenvalue weighted by molar-refractivity contribution is 1.28. The summed E-state index contributed by atoms with van der Waals surface area (Å²) in [5.41, 5.74) is 2.24. The van der Waals surface area contributed by atoms with Crippen molar-refractivity contribution in [3.05, 3.63) is 46.6 Å². The molecule has 4 nitrogen and oxygen atoms in total. The van der Waals surface area contributed by atoms with Gasteiger partial charge in [-0.15, -0.1) is 0 Å². The monoisotopic (exact) mass is 302 g/mol. The van der Waals surface area contributed by atoms with Gasteiger partial charge in [-0.2, -0.15) is 5.26 Å². The number of hydrogen-bond donors (Lipinski definition) is 2. The van der Waals surface area contributed by atoms with Crippen LogP contribution in [0, 0.1) is 11.3 Å². The number of hydrogen-bond acceptors (Lipinski definition) is 4. The van der Waals surface area contributed by atoms with Gasteiger partial charge in [-0.1, -0.05) is 15.9 Å². The first-order valence-corrected chi connectivity index (χ1v) is 6.12. The van der Waals surface area contributed by atoms with Gasteiger partial charge in [0.05, 0.1) is 11.3 Å². The van der Waals surface area contributed by atoms with Crippen LogP contribution in [-0.4, -0.2) is 12.0 Å². The van der Waals surface area contributed by atoms with E-state index in [2.05, 4.69) is 37.6 Å². The van der Waals surface area contributed by atoms with Crippen molar-refractivity contribution >= 4 is 33.1 Å². The molecule has 0 unspecified atom stereocenters. The molecule has 0 atom stereocenters. The fourth-order valence-electron chi connectivity index (χ4n) is 1.52. The van der Waals surface area contributed by atoms with Crippen LogP contribution in [-0.2, 0) is 0 Å². The molecular weight excluding hydrogens is 292 g/mol. The maximum absolute atomic E-state index is 9.09. The average Bonchev–Trinajstić information content (AvgIpc) is 2.41. The average molecular weight is 303 g/mol.